The quantitative estimate of drug-likeness (QED) is 0.876. The minimum Gasteiger partial charge on any atom is -0.493 e. The number of alkyl halides is 3. The lowest BCUT2D eigenvalue weighted by Crippen LogP contribution is -2.27. The number of amides is 1. The van der Waals surface area contributed by atoms with Crippen molar-refractivity contribution in [1.29, 1.82) is 0 Å². The number of hydrogen-bond donors (Lipinski definition) is 1. The Morgan fingerprint density at radius 2 is 1.72 bits per heavy atom. The van der Waals surface area contributed by atoms with Crippen LogP contribution in [0.2, 0.25) is 0 Å². The summed E-state index contributed by atoms with van der Waals surface area (Å²) in [5, 5.41) is 2.68. The second kappa shape index (κ2) is 7.46. The van der Waals surface area contributed by atoms with Crippen LogP contribution in [0.5, 0.6) is 11.5 Å². The molecule has 0 radical (unpaired) electrons. The van der Waals surface area contributed by atoms with Gasteiger partial charge in [-0.05, 0) is 42.8 Å². The van der Waals surface area contributed by atoms with Gasteiger partial charge in [-0.2, -0.15) is 13.2 Å². The highest BCUT2D eigenvalue weighted by Crippen LogP contribution is 2.31. The number of ether oxygens (including phenoxy) is 2. The van der Waals surface area contributed by atoms with E-state index in [0.717, 1.165) is 17.7 Å². The minimum absolute atomic E-state index is 0.0536. The number of benzene rings is 2. The van der Waals surface area contributed by atoms with E-state index in [2.05, 4.69) is 5.32 Å². The van der Waals surface area contributed by atoms with Crippen LogP contribution in [0.4, 0.5) is 13.2 Å². The summed E-state index contributed by atoms with van der Waals surface area (Å²) in [5.41, 5.74) is -0.181. The third-order valence-corrected chi connectivity index (χ3v) is 3.71. The fraction of sp³-hybridized carbons (Fsp3) is 0.278. The van der Waals surface area contributed by atoms with Crippen LogP contribution in [0.15, 0.2) is 42.5 Å². The van der Waals surface area contributed by atoms with Crippen LogP contribution in [0.25, 0.3) is 0 Å². The molecule has 0 heterocycles. The highest BCUT2D eigenvalue weighted by atomic mass is 19.4. The first kappa shape index (κ1) is 18.6. The zero-order valence-electron chi connectivity index (χ0n) is 14.0. The summed E-state index contributed by atoms with van der Waals surface area (Å²) in [6, 6.07) is 9.02. The molecule has 1 N–H and O–H groups in total. The summed E-state index contributed by atoms with van der Waals surface area (Å²) in [7, 11) is 3.00. The van der Waals surface area contributed by atoms with Crippen LogP contribution >= 0.6 is 0 Å². The van der Waals surface area contributed by atoms with Gasteiger partial charge in [0.05, 0.1) is 25.8 Å². The minimum atomic E-state index is -4.49. The highest BCUT2D eigenvalue weighted by molar-refractivity contribution is 5.94. The molecule has 2 rings (SSSR count). The molecule has 1 amide bonds. The first-order valence-electron chi connectivity index (χ1n) is 7.46. The number of halogens is 3. The molecule has 0 fully saturated rings. The van der Waals surface area contributed by atoms with Crippen molar-refractivity contribution >= 4 is 5.91 Å². The standard InChI is InChI=1S/C18H18F3NO3/c1-11(12-7-8-15(24-2)16(10-12)25-3)22-17(23)13-5-4-6-14(9-13)18(19,20)21/h4-11H,1-3H3,(H,22,23). The maximum atomic E-state index is 12.8. The van der Waals surface area contributed by atoms with Gasteiger partial charge in [0.25, 0.3) is 5.91 Å². The smallest absolute Gasteiger partial charge is 0.416 e. The molecule has 1 unspecified atom stereocenters. The second-order valence-corrected chi connectivity index (χ2v) is 5.39. The lowest BCUT2D eigenvalue weighted by molar-refractivity contribution is -0.137. The summed E-state index contributed by atoms with van der Waals surface area (Å²) in [5.74, 6) is 0.455. The predicted octanol–water partition coefficient (Wildman–Crippen LogP) is 4.21. The van der Waals surface area contributed by atoms with Crippen molar-refractivity contribution in [2.24, 2.45) is 0 Å². The molecule has 0 bridgehead atoms. The van der Waals surface area contributed by atoms with Gasteiger partial charge < -0.3 is 14.8 Å². The molecule has 4 nitrogen and oxygen atoms in total. The highest BCUT2D eigenvalue weighted by Gasteiger charge is 2.31. The SMILES string of the molecule is COc1ccc(C(C)NC(=O)c2cccc(C(F)(F)F)c2)cc1OC. The lowest BCUT2D eigenvalue weighted by atomic mass is 10.1. The molecule has 1 atom stereocenters. The van der Waals surface area contributed by atoms with Crippen molar-refractivity contribution in [2.75, 3.05) is 14.2 Å². The number of nitrogens with one attached hydrogen (secondary N) is 1. The fourth-order valence-corrected chi connectivity index (χ4v) is 2.32. The number of rotatable bonds is 5. The van der Waals surface area contributed by atoms with Crippen molar-refractivity contribution < 1.29 is 27.4 Å². The molecule has 0 saturated heterocycles. The summed E-state index contributed by atoms with van der Waals surface area (Å²) < 4.78 is 48.6. The zero-order chi connectivity index (χ0) is 18.6. The van der Waals surface area contributed by atoms with Gasteiger partial charge in [0, 0.05) is 5.56 Å². The first-order chi connectivity index (χ1) is 11.8. The Bertz CT molecular complexity index is 759. The van der Waals surface area contributed by atoms with E-state index in [1.54, 1.807) is 25.1 Å². The molecule has 2 aromatic carbocycles. The van der Waals surface area contributed by atoms with E-state index in [0.29, 0.717) is 11.5 Å². The van der Waals surface area contributed by atoms with Crippen LogP contribution in [-0.4, -0.2) is 20.1 Å². The van der Waals surface area contributed by atoms with Crippen LogP contribution in [-0.2, 0) is 6.18 Å². The molecule has 0 aliphatic heterocycles. The van der Waals surface area contributed by atoms with Crippen LogP contribution in [0.1, 0.15) is 34.5 Å². The Hall–Kier alpha value is -2.70. The molecule has 2 aromatic rings. The molecule has 7 heteroatoms. The maximum Gasteiger partial charge on any atom is 0.416 e. The monoisotopic (exact) mass is 353 g/mol. The Balaban J connectivity index is 2.18. The van der Waals surface area contributed by atoms with E-state index in [4.69, 9.17) is 9.47 Å². The van der Waals surface area contributed by atoms with Gasteiger partial charge in [-0.3, -0.25) is 4.79 Å². The van der Waals surface area contributed by atoms with Crippen molar-refractivity contribution in [3.05, 3.63) is 59.2 Å². The van der Waals surface area contributed by atoms with Crippen molar-refractivity contribution in [3.63, 3.8) is 0 Å². The van der Waals surface area contributed by atoms with Crippen LogP contribution in [0, 0.1) is 0 Å². The van der Waals surface area contributed by atoms with E-state index in [1.807, 2.05) is 0 Å². The normalized spacial score (nSPS) is 12.4. The van der Waals surface area contributed by atoms with Gasteiger partial charge in [-0.25, -0.2) is 0 Å². The van der Waals surface area contributed by atoms with E-state index >= 15 is 0 Å². The average Bonchev–Trinajstić information content (AvgIpc) is 2.60. The van der Waals surface area contributed by atoms with Gasteiger partial charge in [-0.15, -0.1) is 0 Å². The van der Waals surface area contributed by atoms with Crippen molar-refractivity contribution in [3.8, 4) is 11.5 Å². The van der Waals surface area contributed by atoms with Gasteiger partial charge in [0.15, 0.2) is 11.5 Å². The van der Waals surface area contributed by atoms with E-state index in [1.165, 1.54) is 26.4 Å². The Morgan fingerprint density at radius 1 is 1.04 bits per heavy atom. The topological polar surface area (TPSA) is 47.6 Å². The Kier molecular flexibility index (Phi) is 5.56. The van der Waals surface area contributed by atoms with Gasteiger partial charge >= 0.3 is 6.18 Å². The number of hydrogen-bond acceptors (Lipinski definition) is 3. The van der Waals surface area contributed by atoms with Gasteiger partial charge in [0.2, 0.25) is 0 Å². The molecule has 0 aliphatic carbocycles. The second-order valence-electron chi connectivity index (χ2n) is 5.39. The molecule has 0 aromatic heterocycles. The van der Waals surface area contributed by atoms with E-state index in [9.17, 15) is 18.0 Å². The molecular formula is C18H18F3NO3. The zero-order valence-corrected chi connectivity index (χ0v) is 14.0. The number of methoxy groups -OCH3 is 2. The third-order valence-electron chi connectivity index (χ3n) is 3.71. The summed E-state index contributed by atoms with van der Waals surface area (Å²) in [6.07, 6.45) is -4.49. The van der Waals surface area contributed by atoms with Gasteiger partial charge in [0.1, 0.15) is 0 Å². The summed E-state index contributed by atoms with van der Waals surface area (Å²) in [6.45, 7) is 1.73. The largest absolute Gasteiger partial charge is 0.493 e. The molecule has 0 saturated carbocycles. The third kappa shape index (κ3) is 4.43. The molecule has 0 aliphatic rings. The van der Waals surface area contributed by atoms with Crippen molar-refractivity contribution in [2.45, 2.75) is 19.1 Å². The Morgan fingerprint density at radius 3 is 2.32 bits per heavy atom. The van der Waals surface area contributed by atoms with Gasteiger partial charge in [-0.1, -0.05) is 12.1 Å². The van der Waals surface area contributed by atoms with Crippen molar-refractivity contribution in [1.82, 2.24) is 5.32 Å². The number of carbonyl (C=O) groups is 1. The molecular weight excluding hydrogens is 335 g/mol. The van der Waals surface area contributed by atoms with E-state index < -0.39 is 23.7 Å². The fourth-order valence-electron chi connectivity index (χ4n) is 2.32. The van der Waals surface area contributed by atoms with E-state index in [-0.39, 0.29) is 5.56 Å². The Labute approximate surface area is 143 Å². The molecule has 0 spiro atoms. The predicted molar refractivity (Wildman–Crippen MR) is 86.9 cm³/mol. The molecule has 134 valence electrons. The van der Waals surface area contributed by atoms with Crippen LogP contribution < -0.4 is 14.8 Å². The summed E-state index contributed by atoms with van der Waals surface area (Å²) >= 11 is 0. The van der Waals surface area contributed by atoms with Crippen LogP contribution in [0.3, 0.4) is 0 Å². The lowest BCUT2D eigenvalue weighted by Gasteiger charge is -2.17. The summed E-state index contributed by atoms with van der Waals surface area (Å²) in [4.78, 5) is 12.3. The number of carbonyl (C=O) groups excluding carboxylic acids is 1. The maximum absolute atomic E-state index is 12.8. The molecule has 25 heavy (non-hydrogen) atoms. The first-order valence-corrected chi connectivity index (χ1v) is 7.46. The average molecular weight is 353 g/mol.